The summed E-state index contributed by atoms with van der Waals surface area (Å²) in [4.78, 5) is 22.3. The highest BCUT2D eigenvalue weighted by atomic mass is 16.2. The summed E-state index contributed by atoms with van der Waals surface area (Å²) in [5, 5.41) is 0. The van der Waals surface area contributed by atoms with Gasteiger partial charge in [-0.05, 0) is 23.3 Å². The SMILES string of the molecule is O=C(C(c1ccccc1)c1ccccn1)N1CCN(Cc2ccccc2)CC1. The Balaban J connectivity index is 1.46. The molecule has 2 heterocycles. The highest BCUT2D eigenvalue weighted by molar-refractivity contribution is 5.86. The largest absolute Gasteiger partial charge is 0.339 e. The average Bonchev–Trinajstić information content (AvgIpc) is 2.77. The van der Waals surface area contributed by atoms with E-state index >= 15 is 0 Å². The van der Waals surface area contributed by atoms with Gasteiger partial charge in [0.05, 0.1) is 5.69 Å². The van der Waals surface area contributed by atoms with Crippen LogP contribution < -0.4 is 0 Å². The first-order chi connectivity index (χ1) is 13.8. The second kappa shape index (κ2) is 8.81. The number of amides is 1. The van der Waals surface area contributed by atoms with E-state index in [1.54, 1.807) is 6.20 Å². The number of hydrogen-bond donors (Lipinski definition) is 0. The lowest BCUT2D eigenvalue weighted by Crippen LogP contribution is -2.49. The molecule has 1 saturated heterocycles. The Morgan fingerprint density at radius 2 is 1.46 bits per heavy atom. The lowest BCUT2D eigenvalue weighted by Gasteiger charge is -2.36. The van der Waals surface area contributed by atoms with Crippen molar-refractivity contribution < 1.29 is 4.79 Å². The van der Waals surface area contributed by atoms with E-state index in [9.17, 15) is 4.79 Å². The van der Waals surface area contributed by atoms with E-state index in [4.69, 9.17) is 0 Å². The smallest absolute Gasteiger partial charge is 0.236 e. The minimum atomic E-state index is -0.344. The van der Waals surface area contributed by atoms with E-state index in [0.29, 0.717) is 0 Å². The first kappa shape index (κ1) is 18.4. The summed E-state index contributed by atoms with van der Waals surface area (Å²) in [7, 11) is 0. The van der Waals surface area contributed by atoms with Crippen LogP contribution in [0.4, 0.5) is 0 Å². The van der Waals surface area contributed by atoms with Gasteiger partial charge in [0.2, 0.25) is 5.91 Å². The van der Waals surface area contributed by atoms with Gasteiger partial charge in [-0.25, -0.2) is 0 Å². The molecule has 0 saturated carbocycles. The summed E-state index contributed by atoms with van der Waals surface area (Å²) in [5.74, 6) is -0.202. The van der Waals surface area contributed by atoms with Gasteiger partial charge in [0.25, 0.3) is 0 Å². The van der Waals surface area contributed by atoms with Crippen LogP contribution in [0, 0.1) is 0 Å². The molecule has 28 heavy (non-hydrogen) atoms. The van der Waals surface area contributed by atoms with Gasteiger partial charge in [0.1, 0.15) is 5.92 Å². The van der Waals surface area contributed by atoms with Crippen molar-refractivity contribution in [2.45, 2.75) is 12.5 Å². The van der Waals surface area contributed by atoms with Crippen LogP contribution >= 0.6 is 0 Å². The Kier molecular flexibility index (Phi) is 5.78. The standard InChI is InChI=1S/C24H25N3O/c28-24(23(21-11-5-2-6-12-21)22-13-7-8-14-25-22)27-17-15-26(16-18-27)19-20-9-3-1-4-10-20/h1-14,23H,15-19H2. The van der Waals surface area contributed by atoms with Crippen molar-refractivity contribution in [3.05, 3.63) is 102 Å². The highest BCUT2D eigenvalue weighted by Crippen LogP contribution is 2.26. The van der Waals surface area contributed by atoms with E-state index in [1.165, 1.54) is 5.56 Å². The molecular weight excluding hydrogens is 346 g/mol. The molecule has 4 rings (SSSR count). The van der Waals surface area contributed by atoms with Gasteiger partial charge in [0.15, 0.2) is 0 Å². The number of carbonyl (C=O) groups is 1. The first-order valence-electron chi connectivity index (χ1n) is 9.82. The number of piperazine rings is 1. The third-order valence-electron chi connectivity index (χ3n) is 5.30. The summed E-state index contributed by atoms with van der Waals surface area (Å²) < 4.78 is 0. The molecule has 1 aromatic heterocycles. The normalized spacial score (nSPS) is 15.9. The molecule has 4 heteroatoms. The van der Waals surface area contributed by atoms with Gasteiger partial charge in [0, 0.05) is 38.9 Å². The van der Waals surface area contributed by atoms with Gasteiger partial charge < -0.3 is 4.90 Å². The molecule has 2 aromatic carbocycles. The molecule has 1 fully saturated rings. The topological polar surface area (TPSA) is 36.4 Å². The number of pyridine rings is 1. The Labute approximate surface area is 166 Å². The maximum Gasteiger partial charge on any atom is 0.236 e. The zero-order chi connectivity index (χ0) is 19.2. The quantitative estimate of drug-likeness (QED) is 0.688. The number of carbonyl (C=O) groups excluding carboxylic acids is 1. The van der Waals surface area contributed by atoms with Crippen LogP contribution in [0.1, 0.15) is 22.7 Å². The van der Waals surface area contributed by atoms with Crippen LogP contribution in [0.15, 0.2) is 85.1 Å². The summed E-state index contributed by atoms with van der Waals surface area (Å²) in [6, 6.07) is 26.3. The molecule has 0 bridgehead atoms. The van der Waals surface area contributed by atoms with E-state index in [2.05, 4.69) is 34.1 Å². The van der Waals surface area contributed by atoms with Crippen LogP contribution in [-0.4, -0.2) is 46.9 Å². The van der Waals surface area contributed by atoms with E-state index in [-0.39, 0.29) is 11.8 Å². The van der Waals surface area contributed by atoms with Crippen molar-refractivity contribution in [2.75, 3.05) is 26.2 Å². The average molecular weight is 371 g/mol. The summed E-state index contributed by atoms with van der Waals surface area (Å²) in [5.41, 5.74) is 3.13. The van der Waals surface area contributed by atoms with Crippen molar-refractivity contribution in [3.63, 3.8) is 0 Å². The predicted octanol–water partition coefficient (Wildman–Crippen LogP) is 3.56. The second-order valence-corrected chi connectivity index (χ2v) is 7.19. The zero-order valence-electron chi connectivity index (χ0n) is 15.9. The Morgan fingerprint density at radius 1 is 0.821 bits per heavy atom. The van der Waals surface area contributed by atoms with Gasteiger partial charge in [-0.1, -0.05) is 66.7 Å². The van der Waals surface area contributed by atoms with Crippen molar-refractivity contribution in [2.24, 2.45) is 0 Å². The maximum atomic E-state index is 13.4. The molecule has 142 valence electrons. The van der Waals surface area contributed by atoms with Crippen LogP contribution in [0.5, 0.6) is 0 Å². The Bertz CT molecular complexity index is 836. The molecule has 0 N–H and O–H groups in total. The molecule has 0 spiro atoms. The zero-order valence-corrected chi connectivity index (χ0v) is 15.9. The van der Waals surface area contributed by atoms with Crippen LogP contribution in [0.3, 0.4) is 0 Å². The highest BCUT2D eigenvalue weighted by Gasteiger charge is 2.30. The lowest BCUT2D eigenvalue weighted by atomic mass is 9.93. The summed E-state index contributed by atoms with van der Waals surface area (Å²) in [6.45, 7) is 4.23. The molecule has 4 nitrogen and oxygen atoms in total. The molecule has 1 unspecified atom stereocenters. The van der Waals surface area contributed by atoms with Gasteiger partial charge in [-0.2, -0.15) is 0 Å². The molecule has 1 aliphatic heterocycles. The number of hydrogen-bond acceptors (Lipinski definition) is 3. The minimum absolute atomic E-state index is 0.143. The number of aromatic nitrogens is 1. The molecular formula is C24H25N3O. The predicted molar refractivity (Wildman–Crippen MR) is 111 cm³/mol. The fourth-order valence-electron chi connectivity index (χ4n) is 3.78. The summed E-state index contributed by atoms with van der Waals surface area (Å²) in [6.07, 6.45) is 1.76. The van der Waals surface area contributed by atoms with Crippen LogP contribution in [0.2, 0.25) is 0 Å². The molecule has 1 amide bonds. The fraction of sp³-hybridized carbons (Fsp3) is 0.250. The van der Waals surface area contributed by atoms with E-state index in [1.807, 2.05) is 59.5 Å². The maximum absolute atomic E-state index is 13.4. The number of nitrogens with zero attached hydrogens (tertiary/aromatic N) is 3. The Hall–Kier alpha value is -2.98. The summed E-state index contributed by atoms with van der Waals surface area (Å²) >= 11 is 0. The van der Waals surface area contributed by atoms with Crippen LogP contribution in [0.25, 0.3) is 0 Å². The van der Waals surface area contributed by atoms with Crippen LogP contribution in [-0.2, 0) is 11.3 Å². The fourth-order valence-corrected chi connectivity index (χ4v) is 3.78. The van der Waals surface area contributed by atoms with E-state index in [0.717, 1.165) is 44.0 Å². The molecule has 3 aromatic rings. The molecule has 0 aliphatic carbocycles. The van der Waals surface area contributed by atoms with Gasteiger partial charge >= 0.3 is 0 Å². The first-order valence-corrected chi connectivity index (χ1v) is 9.82. The Morgan fingerprint density at radius 3 is 2.11 bits per heavy atom. The van der Waals surface area contributed by atoms with Gasteiger partial charge in [-0.15, -0.1) is 0 Å². The van der Waals surface area contributed by atoms with Gasteiger partial charge in [-0.3, -0.25) is 14.7 Å². The van der Waals surface area contributed by atoms with Crippen molar-refractivity contribution in [3.8, 4) is 0 Å². The third kappa shape index (κ3) is 4.29. The minimum Gasteiger partial charge on any atom is -0.339 e. The van der Waals surface area contributed by atoms with Crippen molar-refractivity contribution >= 4 is 5.91 Å². The third-order valence-corrected chi connectivity index (χ3v) is 5.30. The van der Waals surface area contributed by atoms with Crippen molar-refractivity contribution in [1.82, 2.24) is 14.8 Å². The number of benzene rings is 2. The molecule has 1 atom stereocenters. The van der Waals surface area contributed by atoms with Crippen molar-refractivity contribution in [1.29, 1.82) is 0 Å². The molecule has 0 radical (unpaired) electrons. The lowest BCUT2D eigenvalue weighted by molar-refractivity contribution is -0.133. The molecule has 1 aliphatic rings. The number of rotatable bonds is 5. The van der Waals surface area contributed by atoms with E-state index < -0.39 is 0 Å². The monoisotopic (exact) mass is 371 g/mol. The second-order valence-electron chi connectivity index (χ2n) is 7.19.